The van der Waals surface area contributed by atoms with Crippen molar-refractivity contribution in [2.24, 2.45) is 5.92 Å². The van der Waals surface area contributed by atoms with Gasteiger partial charge in [-0.3, -0.25) is 4.79 Å². The van der Waals surface area contributed by atoms with Gasteiger partial charge >= 0.3 is 5.97 Å². The molecule has 0 saturated carbocycles. The van der Waals surface area contributed by atoms with Crippen LogP contribution in [0.3, 0.4) is 0 Å². The summed E-state index contributed by atoms with van der Waals surface area (Å²) < 4.78 is 0. The molecule has 0 unspecified atom stereocenters. The summed E-state index contributed by atoms with van der Waals surface area (Å²) in [5.74, 6) is -0.801. The Kier molecular flexibility index (Phi) is 2.10. The highest BCUT2D eigenvalue weighted by Crippen LogP contribution is 2.55. The van der Waals surface area contributed by atoms with E-state index in [9.17, 15) is 9.90 Å². The topological polar surface area (TPSA) is 37.3 Å². The van der Waals surface area contributed by atoms with Crippen molar-refractivity contribution in [2.75, 3.05) is 0 Å². The number of rotatable bonds is 1. The number of hydrogen-bond acceptors (Lipinski definition) is 1. The first-order valence-corrected chi connectivity index (χ1v) is 6.67. The van der Waals surface area contributed by atoms with Gasteiger partial charge in [-0.25, -0.2) is 0 Å². The second-order valence-electron chi connectivity index (χ2n) is 5.48. The Morgan fingerprint density at radius 3 is 2.32 bits per heavy atom. The average Bonchev–Trinajstić information content (AvgIpc) is 2.68. The molecule has 0 radical (unpaired) electrons. The van der Waals surface area contributed by atoms with Crippen LogP contribution in [0, 0.1) is 5.92 Å². The van der Waals surface area contributed by atoms with E-state index < -0.39 is 5.97 Å². The number of carboxylic acids is 1. The second kappa shape index (κ2) is 3.70. The van der Waals surface area contributed by atoms with Crippen LogP contribution < -0.4 is 0 Å². The summed E-state index contributed by atoms with van der Waals surface area (Å²) in [6.07, 6.45) is 0.848. The summed E-state index contributed by atoms with van der Waals surface area (Å²) in [6.45, 7) is 0. The van der Waals surface area contributed by atoms with E-state index in [1.807, 2.05) is 24.3 Å². The Bertz CT molecular complexity index is 663. The zero-order chi connectivity index (χ0) is 13.0. The molecule has 2 bridgehead atoms. The summed E-state index contributed by atoms with van der Waals surface area (Å²) in [4.78, 5) is 11.7. The SMILES string of the molecule is O=C(O)[C@H]1[C@@H]2c3ccccc3C[C@H]1c1ccccc12. The van der Waals surface area contributed by atoms with Crippen molar-refractivity contribution in [2.45, 2.75) is 18.3 Å². The lowest BCUT2D eigenvalue weighted by Crippen LogP contribution is -2.28. The lowest BCUT2D eigenvalue weighted by Gasteiger charge is -2.29. The van der Waals surface area contributed by atoms with E-state index in [0.717, 1.165) is 6.42 Å². The van der Waals surface area contributed by atoms with Crippen molar-refractivity contribution in [3.05, 3.63) is 70.8 Å². The maximum atomic E-state index is 11.7. The summed E-state index contributed by atoms with van der Waals surface area (Å²) >= 11 is 0. The highest BCUT2D eigenvalue weighted by atomic mass is 16.4. The van der Waals surface area contributed by atoms with Crippen LogP contribution in [-0.2, 0) is 11.2 Å². The smallest absolute Gasteiger partial charge is 0.308 e. The number of carbonyl (C=O) groups is 1. The molecule has 1 N–H and O–H groups in total. The normalized spacial score (nSPS) is 26.6. The summed E-state index contributed by atoms with van der Waals surface area (Å²) in [6, 6.07) is 16.5. The molecule has 0 amide bonds. The van der Waals surface area contributed by atoms with Gasteiger partial charge in [0.05, 0.1) is 5.92 Å². The highest BCUT2D eigenvalue weighted by molar-refractivity contribution is 5.77. The molecule has 0 aromatic heterocycles. The average molecular weight is 250 g/mol. The molecule has 2 heteroatoms. The number of hydrogen-bond donors (Lipinski definition) is 1. The molecule has 0 aliphatic heterocycles. The van der Waals surface area contributed by atoms with Gasteiger partial charge in [-0.05, 0) is 28.7 Å². The maximum Gasteiger partial charge on any atom is 0.308 e. The number of aliphatic carboxylic acids is 1. The fourth-order valence-corrected chi connectivity index (χ4v) is 3.92. The van der Waals surface area contributed by atoms with Crippen LogP contribution in [0.5, 0.6) is 0 Å². The Morgan fingerprint density at radius 1 is 0.947 bits per heavy atom. The minimum absolute atomic E-state index is 0.0312. The van der Waals surface area contributed by atoms with Crippen LogP contribution in [-0.4, -0.2) is 11.1 Å². The summed E-state index contributed by atoms with van der Waals surface area (Å²) in [7, 11) is 0. The van der Waals surface area contributed by atoms with Crippen LogP contribution in [0.2, 0.25) is 0 Å². The van der Waals surface area contributed by atoms with E-state index in [4.69, 9.17) is 0 Å². The zero-order valence-corrected chi connectivity index (χ0v) is 10.4. The second-order valence-corrected chi connectivity index (χ2v) is 5.48. The van der Waals surface area contributed by atoms with Gasteiger partial charge in [0.1, 0.15) is 0 Å². The third-order valence-corrected chi connectivity index (χ3v) is 4.64. The Balaban J connectivity index is 2.00. The van der Waals surface area contributed by atoms with Crippen molar-refractivity contribution in [3.8, 4) is 0 Å². The van der Waals surface area contributed by atoms with Crippen molar-refractivity contribution >= 4 is 5.97 Å². The molecule has 0 saturated heterocycles. The van der Waals surface area contributed by atoms with Gasteiger partial charge in [-0.2, -0.15) is 0 Å². The minimum Gasteiger partial charge on any atom is -0.481 e. The molecule has 2 nitrogen and oxygen atoms in total. The molecule has 0 fully saturated rings. The molecular formula is C17H14O2. The van der Waals surface area contributed by atoms with E-state index in [1.54, 1.807) is 0 Å². The molecule has 2 aliphatic rings. The van der Waals surface area contributed by atoms with Gasteiger partial charge in [-0.15, -0.1) is 0 Å². The summed E-state index contributed by atoms with van der Waals surface area (Å²) in [5, 5.41) is 9.62. The highest BCUT2D eigenvalue weighted by Gasteiger charge is 2.48. The predicted molar refractivity (Wildman–Crippen MR) is 72.3 cm³/mol. The van der Waals surface area contributed by atoms with Crippen molar-refractivity contribution < 1.29 is 9.90 Å². The van der Waals surface area contributed by atoms with Gasteiger partial charge in [0.15, 0.2) is 0 Å². The third kappa shape index (κ3) is 1.34. The largest absolute Gasteiger partial charge is 0.481 e. The van der Waals surface area contributed by atoms with Gasteiger partial charge in [0.25, 0.3) is 0 Å². The van der Waals surface area contributed by atoms with E-state index in [1.165, 1.54) is 22.3 Å². The number of carboxylic acid groups (broad SMARTS) is 1. The molecule has 0 spiro atoms. The van der Waals surface area contributed by atoms with E-state index in [-0.39, 0.29) is 17.8 Å². The lowest BCUT2D eigenvalue weighted by molar-refractivity contribution is -0.142. The first-order valence-electron chi connectivity index (χ1n) is 6.67. The van der Waals surface area contributed by atoms with Gasteiger partial charge in [0, 0.05) is 11.8 Å². The van der Waals surface area contributed by atoms with E-state index >= 15 is 0 Å². The Morgan fingerprint density at radius 2 is 1.58 bits per heavy atom. The molecule has 19 heavy (non-hydrogen) atoms. The Hall–Kier alpha value is -2.09. The van der Waals surface area contributed by atoms with E-state index in [2.05, 4.69) is 24.3 Å². The molecule has 2 aliphatic carbocycles. The van der Waals surface area contributed by atoms with Crippen molar-refractivity contribution in [3.63, 3.8) is 0 Å². The monoisotopic (exact) mass is 250 g/mol. The number of fused-ring (bicyclic) bond motifs is 7. The van der Waals surface area contributed by atoms with Crippen molar-refractivity contribution in [1.29, 1.82) is 0 Å². The fourth-order valence-electron chi connectivity index (χ4n) is 3.92. The van der Waals surface area contributed by atoms with Crippen molar-refractivity contribution in [1.82, 2.24) is 0 Å². The van der Waals surface area contributed by atoms with E-state index in [0.29, 0.717) is 0 Å². The standard InChI is InChI=1S/C17H14O2/c18-17(19)16-14-9-10-5-1-2-6-11(10)15(16)13-8-4-3-7-12(13)14/h1-8,14-16H,9H2,(H,18,19)/t14-,15+,16+/m0/s1. The molecule has 0 heterocycles. The van der Waals surface area contributed by atoms with Crippen LogP contribution in [0.1, 0.15) is 34.1 Å². The lowest BCUT2D eigenvalue weighted by atomic mass is 9.73. The van der Waals surface area contributed by atoms with Gasteiger partial charge in [-0.1, -0.05) is 48.5 Å². The molecule has 3 atom stereocenters. The third-order valence-electron chi connectivity index (χ3n) is 4.64. The fraction of sp³-hybridized carbons (Fsp3) is 0.235. The zero-order valence-electron chi connectivity index (χ0n) is 10.4. The minimum atomic E-state index is -0.666. The maximum absolute atomic E-state index is 11.7. The van der Waals surface area contributed by atoms with Crippen LogP contribution in [0.25, 0.3) is 0 Å². The van der Waals surface area contributed by atoms with Gasteiger partial charge in [0.2, 0.25) is 0 Å². The van der Waals surface area contributed by atoms with Gasteiger partial charge < -0.3 is 5.11 Å². The Labute approximate surface area is 111 Å². The summed E-state index contributed by atoms with van der Waals surface area (Å²) in [5.41, 5.74) is 4.96. The van der Waals surface area contributed by atoms with Crippen LogP contribution in [0.15, 0.2) is 48.5 Å². The molecule has 4 rings (SSSR count). The molecule has 94 valence electrons. The molecular weight excluding hydrogens is 236 g/mol. The molecule has 2 aromatic carbocycles. The van der Waals surface area contributed by atoms with Crippen LogP contribution in [0.4, 0.5) is 0 Å². The first-order chi connectivity index (χ1) is 9.27. The molecule has 2 aromatic rings. The first kappa shape index (κ1) is 10.8. The van der Waals surface area contributed by atoms with Crippen LogP contribution >= 0.6 is 0 Å². The predicted octanol–water partition coefficient (Wildman–Crippen LogP) is 3.17. The number of benzene rings is 2. The quantitative estimate of drug-likeness (QED) is 0.844.